The van der Waals surface area contributed by atoms with E-state index in [4.69, 9.17) is 0 Å². The molecule has 0 saturated heterocycles. The zero-order chi connectivity index (χ0) is 18.6. The molecule has 4 aromatic rings. The van der Waals surface area contributed by atoms with E-state index >= 15 is 0 Å². The average molecular weight is 375 g/mol. The second-order valence-electron chi connectivity index (χ2n) is 5.97. The second kappa shape index (κ2) is 7.51. The standard InChI is InChI=1S/C20H17N5OS/c1-14-18(27-20(24-14)17-4-2-3-9-22-17)19(26)23-12-15-5-7-16(8-6-15)25-11-10-21-13-25/h2-11,13H,12H2,1H3,(H,23,26). The number of imidazole rings is 1. The van der Waals surface area contributed by atoms with Crippen LogP contribution in [0.5, 0.6) is 0 Å². The Morgan fingerprint density at radius 2 is 2.00 bits per heavy atom. The van der Waals surface area contributed by atoms with Crippen LogP contribution in [0.1, 0.15) is 20.9 Å². The van der Waals surface area contributed by atoms with E-state index in [1.54, 1.807) is 18.7 Å². The minimum absolute atomic E-state index is 0.120. The van der Waals surface area contributed by atoms with E-state index in [1.165, 1.54) is 11.3 Å². The molecule has 0 aliphatic carbocycles. The lowest BCUT2D eigenvalue weighted by molar-refractivity contribution is 0.0954. The number of aryl methyl sites for hydroxylation is 1. The normalized spacial score (nSPS) is 10.7. The molecular weight excluding hydrogens is 358 g/mol. The monoisotopic (exact) mass is 375 g/mol. The first-order valence-corrected chi connectivity index (χ1v) is 9.26. The van der Waals surface area contributed by atoms with Gasteiger partial charge in [0.05, 0.1) is 17.7 Å². The third kappa shape index (κ3) is 3.78. The van der Waals surface area contributed by atoms with E-state index < -0.39 is 0 Å². The van der Waals surface area contributed by atoms with Gasteiger partial charge in [-0.05, 0) is 36.8 Å². The number of thiazole rings is 1. The van der Waals surface area contributed by atoms with Crippen LogP contribution in [0.25, 0.3) is 16.4 Å². The molecule has 0 aliphatic rings. The van der Waals surface area contributed by atoms with Crippen molar-refractivity contribution >= 4 is 17.2 Å². The number of benzene rings is 1. The lowest BCUT2D eigenvalue weighted by atomic mass is 10.2. The van der Waals surface area contributed by atoms with Gasteiger partial charge in [0.25, 0.3) is 5.91 Å². The number of hydrogen-bond donors (Lipinski definition) is 1. The van der Waals surface area contributed by atoms with Crippen molar-refractivity contribution in [1.82, 2.24) is 24.8 Å². The second-order valence-corrected chi connectivity index (χ2v) is 6.97. The maximum absolute atomic E-state index is 12.6. The quantitative estimate of drug-likeness (QED) is 0.578. The van der Waals surface area contributed by atoms with Gasteiger partial charge >= 0.3 is 0 Å². The van der Waals surface area contributed by atoms with Crippen molar-refractivity contribution in [3.63, 3.8) is 0 Å². The van der Waals surface area contributed by atoms with Gasteiger partial charge in [-0.15, -0.1) is 11.3 Å². The van der Waals surface area contributed by atoms with Crippen molar-refractivity contribution in [1.29, 1.82) is 0 Å². The van der Waals surface area contributed by atoms with Gasteiger partial charge in [-0.3, -0.25) is 9.78 Å². The number of aromatic nitrogens is 4. The fourth-order valence-electron chi connectivity index (χ4n) is 2.67. The summed E-state index contributed by atoms with van der Waals surface area (Å²) in [5, 5.41) is 3.72. The molecule has 134 valence electrons. The summed E-state index contributed by atoms with van der Waals surface area (Å²) in [6.07, 6.45) is 7.11. The van der Waals surface area contributed by atoms with Crippen LogP contribution in [0.2, 0.25) is 0 Å². The van der Waals surface area contributed by atoms with Crippen LogP contribution in [0, 0.1) is 6.92 Å². The summed E-state index contributed by atoms with van der Waals surface area (Å²) in [5.41, 5.74) is 3.55. The van der Waals surface area contributed by atoms with Gasteiger partial charge in [0, 0.05) is 30.8 Å². The summed E-state index contributed by atoms with van der Waals surface area (Å²) in [6.45, 7) is 2.30. The van der Waals surface area contributed by atoms with E-state index in [9.17, 15) is 4.79 Å². The van der Waals surface area contributed by atoms with Crippen LogP contribution in [-0.2, 0) is 6.54 Å². The van der Waals surface area contributed by atoms with E-state index in [2.05, 4.69) is 20.3 Å². The Kier molecular flexibility index (Phi) is 4.76. The molecule has 0 atom stereocenters. The smallest absolute Gasteiger partial charge is 0.263 e. The van der Waals surface area contributed by atoms with Crippen molar-refractivity contribution in [3.05, 3.63) is 83.5 Å². The minimum atomic E-state index is -0.120. The first-order chi connectivity index (χ1) is 13.2. The number of nitrogens with zero attached hydrogens (tertiary/aromatic N) is 4. The maximum atomic E-state index is 12.6. The Morgan fingerprint density at radius 1 is 1.15 bits per heavy atom. The largest absolute Gasteiger partial charge is 0.347 e. The number of nitrogens with one attached hydrogen (secondary N) is 1. The molecule has 3 heterocycles. The van der Waals surface area contributed by atoms with Crippen molar-refractivity contribution in [2.75, 3.05) is 0 Å². The van der Waals surface area contributed by atoms with Crippen molar-refractivity contribution in [2.24, 2.45) is 0 Å². The zero-order valence-electron chi connectivity index (χ0n) is 14.7. The molecule has 0 aliphatic heterocycles. The molecule has 0 fully saturated rings. The molecule has 6 nitrogen and oxygen atoms in total. The SMILES string of the molecule is Cc1nc(-c2ccccn2)sc1C(=O)NCc1ccc(-n2ccnc2)cc1. The minimum Gasteiger partial charge on any atom is -0.347 e. The zero-order valence-corrected chi connectivity index (χ0v) is 15.5. The summed E-state index contributed by atoms with van der Waals surface area (Å²) in [6, 6.07) is 13.6. The first kappa shape index (κ1) is 17.1. The summed E-state index contributed by atoms with van der Waals surface area (Å²) in [5.74, 6) is -0.120. The summed E-state index contributed by atoms with van der Waals surface area (Å²) in [4.78, 5) is 26.0. The number of amides is 1. The van der Waals surface area contributed by atoms with Crippen LogP contribution in [0.4, 0.5) is 0 Å². The van der Waals surface area contributed by atoms with E-state index in [0.29, 0.717) is 17.1 Å². The van der Waals surface area contributed by atoms with Gasteiger partial charge in [-0.25, -0.2) is 9.97 Å². The number of rotatable bonds is 5. The average Bonchev–Trinajstić information content (AvgIpc) is 3.37. The predicted octanol–water partition coefficient (Wildman–Crippen LogP) is 3.63. The fourth-order valence-corrected chi connectivity index (χ4v) is 3.63. The van der Waals surface area contributed by atoms with Crippen LogP contribution in [-0.4, -0.2) is 25.4 Å². The van der Waals surface area contributed by atoms with Gasteiger partial charge in [-0.1, -0.05) is 18.2 Å². The number of hydrogen-bond acceptors (Lipinski definition) is 5. The van der Waals surface area contributed by atoms with Gasteiger partial charge in [0.2, 0.25) is 0 Å². The van der Waals surface area contributed by atoms with Crippen molar-refractivity contribution < 1.29 is 4.79 Å². The van der Waals surface area contributed by atoms with Crippen molar-refractivity contribution in [2.45, 2.75) is 13.5 Å². The Balaban J connectivity index is 1.43. The highest BCUT2D eigenvalue weighted by Gasteiger charge is 2.16. The van der Waals surface area contributed by atoms with E-state index in [0.717, 1.165) is 22.0 Å². The van der Waals surface area contributed by atoms with E-state index in [-0.39, 0.29) is 5.91 Å². The van der Waals surface area contributed by atoms with Crippen LogP contribution in [0.3, 0.4) is 0 Å². The molecule has 1 amide bonds. The molecular formula is C20H17N5OS. The number of pyridine rings is 1. The van der Waals surface area contributed by atoms with Gasteiger partial charge in [-0.2, -0.15) is 0 Å². The molecule has 27 heavy (non-hydrogen) atoms. The molecule has 1 N–H and O–H groups in total. The van der Waals surface area contributed by atoms with Crippen LogP contribution < -0.4 is 5.32 Å². The lowest BCUT2D eigenvalue weighted by Crippen LogP contribution is -2.22. The third-order valence-corrected chi connectivity index (χ3v) is 5.26. The molecule has 3 aromatic heterocycles. The van der Waals surface area contributed by atoms with Gasteiger partial charge in [0.15, 0.2) is 0 Å². The molecule has 0 bridgehead atoms. The highest BCUT2D eigenvalue weighted by molar-refractivity contribution is 7.17. The van der Waals surface area contributed by atoms with Crippen LogP contribution in [0.15, 0.2) is 67.4 Å². The molecule has 4 rings (SSSR count). The molecule has 0 spiro atoms. The summed E-state index contributed by atoms with van der Waals surface area (Å²) >= 11 is 1.36. The third-order valence-electron chi connectivity index (χ3n) is 4.08. The molecule has 0 unspecified atom stereocenters. The topological polar surface area (TPSA) is 72.7 Å². The summed E-state index contributed by atoms with van der Waals surface area (Å²) in [7, 11) is 0. The lowest BCUT2D eigenvalue weighted by Gasteiger charge is -2.06. The maximum Gasteiger partial charge on any atom is 0.263 e. The van der Waals surface area contributed by atoms with Gasteiger partial charge < -0.3 is 9.88 Å². The van der Waals surface area contributed by atoms with Crippen LogP contribution >= 0.6 is 11.3 Å². The molecule has 0 radical (unpaired) electrons. The Labute approximate surface area is 160 Å². The Morgan fingerprint density at radius 3 is 2.70 bits per heavy atom. The number of carbonyl (C=O) groups excluding carboxylic acids is 1. The van der Waals surface area contributed by atoms with Gasteiger partial charge in [0.1, 0.15) is 9.88 Å². The van der Waals surface area contributed by atoms with Crippen molar-refractivity contribution in [3.8, 4) is 16.4 Å². The summed E-state index contributed by atoms with van der Waals surface area (Å²) < 4.78 is 1.93. The predicted molar refractivity (Wildman–Crippen MR) is 105 cm³/mol. The first-order valence-electron chi connectivity index (χ1n) is 8.45. The fraction of sp³-hybridized carbons (Fsp3) is 0.100. The van der Waals surface area contributed by atoms with E-state index in [1.807, 2.05) is 60.2 Å². The Bertz CT molecular complexity index is 1040. The molecule has 7 heteroatoms. The number of carbonyl (C=O) groups is 1. The molecule has 0 saturated carbocycles. The highest BCUT2D eigenvalue weighted by Crippen LogP contribution is 2.26. The highest BCUT2D eigenvalue weighted by atomic mass is 32.1. The molecule has 1 aromatic carbocycles. The Hall–Kier alpha value is -3.32.